The fourth-order valence-electron chi connectivity index (χ4n) is 1.87. The van der Waals surface area contributed by atoms with Crippen molar-refractivity contribution in [2.45, 2.75) is 0 Å². The van der Waals surface area contributed by atoms with Gasteiger partial charge in [-0.05, 0) is 24.3 Å². The third-order valence-electron chi connectivity index (χ3n) is 2.73. The number of fused-ring (bicyclic) bond motifs is 1. The summed E-state index contributed by atoms with van der Waals surface area (Å²) >= 11 is 0. The average Bonchev–Trinajstić information content (AvgIpc) is 2.81. The van der Waals surface area contributed by atoms with Crippen molar-refractivity contribution in [1.82, 2.24) is 9.38 Å². The van der Waals surface area contributed by atoms with Gasteiger partial charge in [0.25, 0.3) is 0 Å². The lowest BCUT2D eigenvalue weighted by Gasteiger charge is -1.94. The van der Waals surface area contributed by atoms with Gasteiger partial charge in [-0.15, -0.1) is 0 Å². The predicted molar refractivity (Wildman–Crippen MR) is 66.0 cm³/mol. The monoisotopic (exact) mass is 240 g/mol. The van der Waals surface area contributed by atoms with E-state index < -0.39 is 0 Å². The number of hydrogen-bond donors (Lipinski definition) is 0. The second-order valence-corrected chi connectivity index (χ2v) is 3.98. The Morgan fingerprint density at radius 1 is 1.17 bits per heavy atom. The van der Waals surface area contributed by atoms with Gasteiger partial charge in [0.05, 0.1) is 5.69 Å². The first-order valence-electron chi connectivity index (χ1n) is 5.46. The maximum atomic E-state index is 13.1. The number of aldehydes is 1. The lowest BCUT2D eigenvalue weighted by molar-refractivity contribution is 0.112. The van der Waals surface area contributed by atoms with Gasteiger partial charge in [-0.1, -0.05) is 12.1 Å². The first-order valence-corrected chi connectivity index (χ1v) is 5.46. The van der Waals surface area contributed by atoms with E-state index in [4.69, 9.17) is 0 Å². The number of rotatable bonds is 2. The molecule has 0 N–H and O–H groups in total. The Kier molecular flexibility index (Phi) is 2.41. The number of imidazole rings is 1. The second kappa shape index (κ2) is 4.07. The molecule has 0 radical (unpaired) electrons. The van der Waals surface area contributed by atoms with Gasteiger partial charge in [-0.2, -0.15) is 0 Å². The van der Waals surface area contributed by atoms with Crippen LogP contribution in [-0.4, -0.2) is 15.7 Å². The minimum Gasteiger partial charge on any atom is -0.306 e. The molecule has 0 amide bonds. The molecule has 2 heterocycles. The topological polar surface area (TPSA) is 34.4 Å². The fraction of sp³-hybridized carbons (Fsp3) is 0. The molecule has 3 aromatic rings. The van der Waals surface area contributed by atoms with E-state index >= 15 is 0 Å². The van der Waals surface area contributed by atoms with Crippen LogP contribution >= 0.6 is 0 Å². The maximum absolute atomic E-state index is 13.1. The number of carbonyl (C=O) groups is 1. The van der Waals surface area contributed by atoms with Crippen molar-refractivity contribution in [2.24, 2.45) is 0 Å². The summed E-state index contributed by atoms with van der Waals surface area (Å²) in [4.78, 5) is 15.1. The summed E-state index contributed by atoms with van der Waals surface area (Å²) in [6.07, 6.45) is 4.25. The minimum absolute atomic E-state index is 0.293. The zero-order chi connectivity index (χ0) is 12.5. The molecule has 0 saturated carbocycles. The fourth-order valence-corrected chi connectivity index (χ4v) is 1.87. The summed E-state index contributed by atoms with van der Waals surface area (Å²) in [5, 5.41) is 0. The molecule has 0 spiro atoms. The molecule has 0 aliphatic carbocycles. The largest absolute Gasteiger partial charge is 0.306 e. The quantitative estimate of drug-likeness (QED) is 0.645. The minimum atomic E-state index is -0.293. The molecule has 0 saturated heterocycles. The van der Waals surface area contributed by atoms with Gasteiger partial charge in [-0.25, -0.2) is 9.37 Å². The summed E-state index contributed by atoms with van der Waals surface area (Å²) < 4.78 is 14.9. The third-order valence-corrected chi connectivity index (χ3v) is 2.73. The molecule has 3 rings (SSSR count). The Morgan fingerprint density at radius 2 is 2.06 bits per heavy atom. The molecule has 18 heavy (non-hydrogen) atoms. The summed E-state index contributed by atoms with van der Waals surface area (Å²) in [6, 6.07) is 9.72. The first kappa shape index (κ1) is 10.7. The first-order chi connectivity index (χ1) is 8.76. The molecule has 4 heteroatoms. The van der Waals surface area contributed by atoms with E-state index in [0.29, 0.717) is 16.8 Å². The van der Waals surface area contributed by atoms with E-state index in [2.05, 4.69) is 4.98 Å². The van der Waals surface area contributed by atoms with Crippen molar-refractivity contribution in [3.8, 4) is 11.3 Å². The summed E-state index contributed by atoms with van der Waals surface area (Å²) in [5.74, 6) is -0.293. The van der Waals surface area contributed by atoms with Crippen molar-refractivity contribution >= 4 is 11.9 Å². The average molecular weight is 240 g/mol. The van der Waals surface area contributed by atoms with Gasteiger partial charge >= 0.3 is 0 Å². The normalized spacial score (nSPS) is 10.7. The van der Waals surface area contributed by atoms with Gasteiger partial charge in [0.15, 0.2) is 6.29 Å². The van der Waals surface area contributed by atoms with Crippen LogP contribution in [0.5, 0.6) is 0 Å². The number of benzene rings is 1. The summed E-state index contributed by atoms with van der Waals surface area (Å²) in [5.41, 5.74) is 2.69. The van der Waals surface area contributed by atoms with Crippen molar-refractivity contribution < 1.29 is 9.18 Å². The number of pyridine rings is 1. The highest BCUT2D eigenvalue weighted by Crippen LogP contribution is 2.20. The SMILES string of the molecule is O=Cc1ccc2nc(-c3cccc(F)c3)cn2c1. The Balaban J connectivity index is 2.16. The molecule has 0 fully saturated rings. The van der Waals surface area contributed by atoms with E-state index in [1.165, 1.54) is 12.1 Å². The van der Waals surface area contributed by atoms with Crippen LogP contribution in [0, 0.1) is 5.82 Å². The predicted octanol–water partition coefficient (Wildman–Crippen LogP) is 2.95. The van der Waals surface area contributed by atoms with E-state index in [-0.39, 0.29) is 5.82 Å². The number of hydrogen-bond acceptors (Lipinski definition) is 2. The Hall–Kier alpha value is -2.49. The van der Waals surface area contributed by atoms with Crippen molar-refractivity contribution in [2.75, 3.05) is 0 Å². The van der Waals surface area contributed by atoms with E-state index in [1.54, 1.807) is 41.1 Å². The third kappa shape index (κ3) is 1.78. The van der Waals surface area contributed by atoms with Crippen LogP contribution in [0.2, 0.25) is 0 Å². The molecule has 0 aliphatic rings. The summed E-state index contributed by atoms with van der Waals surface area (Å²) in [7, 11) is 0. The van der Waals surface area contributed by atoms with Crippen LogP contribution in [0.1, 0.15) is 10.4 Å². The van der Waals surface area contributed by atoms with Gasteiger partial charge in [0, 0.05) is 23.5 Å². The molecule has 3 nitrogen and oxygen atoms in total. The van der Waals surface area contributed by atoms with Crippen LogP contribution < -0.4 is 0 Å². The van der Waals surface area contributed by atoms with Crippen molar-refractivity contribution in [1.29, 1.82) is 0 Å². The van der Waals surface area contributed by atoms with E-state index in [9.17, 15) is 9.18 Å². The standard InChI is InChI=1S/C14H9FN2O/c15-12-3-1-2-11(6-12)13-8-17-7-10(9-18)4-5-14(17)16-13/h1-9H. The smallest absolute Gasteiger partial charge is 0.151 e. The maximum Gasteiger partial charge on any atom is 0.151 e. The Bertz CT molecular complexity index is 733. The number of nitrogens with zero attached hydrogens (tertiary/aromatic N) is 2. The number of aromatic nitrogens is 2. The van der Waals surface area contributed by atoms with Crippen LogP contribution in [0.3, 0.4) is 0 Å². The number of halogens is 1. The molecule has 2 aromatic heterocycles. The van der Waals surface area contributed by atoms with Crippen LogP contribution in [0.15, 0.2) is 48.8 Å². The highest BCUT2D eigenvalue weighted by molar-refractivity contribution is 5.75. The Labute approximate surface area is 103 Å². The Morgan fingerprint density at radius 3 is 2.83 bits per heavy atom. The van der Waals surface area contributed by atoms with Gasteiger partial charge in [0.2, 0.25) is 0 Å². The van der Waals surface area contributed by atoms with Gasteiger partial charge in [0.1, 0.15) is 11.5 Å². The van der Waals surface area contributed by atoms with Crippen LogP contribution in [0.4, 0.5) is 4.39 Å². The van der Waals surface area contributed by atoms with E-state index in [1.807, 2.05) is 0 Å². The van der Waals surface area contributed by atoms with Crippen molar-refractivity contribution in [3.05, 3.63) is 60.2 Å². The highest BCUT2D eigenvalue weighted by Gasteiger charge is 2.05. The molecular weight excluding hydrogens is 231 g/mol. The molecule has 0 unspecified atom stereocenters. The van der Waals surface area contributed by atoms with Gasteiger partial charge < -0.3 is 4.40 Å². The van der Waals surface area contributed by atoms with E-state index in [0.717, 1.165) is 11.9 Å². The summed E-state index contributed by atoms with van der Waals surface area (Å²) in [6.45, 7) is 0. The van der Waals surface area contributed by atoms with Crippen LogP contribution in [-0.2, 0) is 0 Å². The highest BCUT2D eigenvalue weighted by atomic mass is 19.1. The molecule has 0 aliphatic heterocycles. The van der Waals surface area contributed by atoms with Crippen molar-refractivity contribution in [3.63, 3.8) is 0 Å². The lowest BCUT2D eigenvalue weighted by atomic mass is 10.2. The lowest BCUT2D eigenvalue weighted by Crippen LogP contribution is -1.86. The zero-order valence-corrected chi connectivity index (χ0v) is 9.38. The molecule has 1 aromatic carbocycles. The van der Waals surface area contributed by atoms with Crippen LogP contribution in [0.25, 0.3) is 16.9 Å². The molecule has 0 bridgehead atoms. The molecule has 0 atom stereocenters. The molecular formula is C14H9FN2O. The second-order valence-electron chi connectivity index (χ2n) is 3.98. The van der Waals surface area contributed by atoms with Gasteiger partial charge in [-0.3, -0.25) is 4.79 Å². The zero-order valence-electron chi connectivity index (χ0n) is 9.38. The number of carbonyl (C=O) groups excluding carboxylic acids is 1. The molecule has 88 valence electrons.